The van der Waals surface area contributed by atoms with Crippen LogP contribution in [0, 0.1) is 11.3 Å². The smallest absolute Gasteiger partial charge is 0.0691 e. The van der Waals surface area contributed by atoms with Crippen molar-refractivity contribution in [1.82, 2.24) is 5.32 Å². The average molecular weight is 238 g/mol. The predicted molar refractivity (Wildman–Crippen MR) is 68.8 cm³/mol. The van der Waals surface area contributed by atoms with Crippen molar-refractivity contribution >= 4 is 0 Å². The van der Waals surface area contributed by atoms with Gasteiger partial charge in [0.2, 0.25) is 0 Å². The molecule has 3 fully saturated rings. The standard InChI is InChI=1S/C14H26N2O/c1-13(2)12-11(7-8-17-12)14(13,15)9-16-10-5-3-4-6-10/h10-12,16H,3-9,15H2,1-2H3. The van der Waals surface area contributed by atoms with Crippen LogP contribution >= 0.6 is 0 Å². The van der Waals surface area contributed by atoms with Crippen LogP contribution in [-0.2, 0) is 4.74 Å². The zero-order chi connectivity index (χ0) is 12.1. The van der Waals surface area contributed by atoms with Gasteiger partial charge in [-0.2, -0.15) is 0 Å². The summed E-state index contributed by atoms with van der Waals surface area (Å²) in [6.45, 7) is 6.42. The molecule has 98 valence electrons. The van der Waals surface area contributed by atoms with E-state index < -0.39 is 0 Å². The van der Waals surface area contributed by atoms with Crippen LogP contribution in [0.15, 0.2) is 0 Å². The topological polar surface area (TPSA) is 47.3 Å². The van der Waals surface area contributed by atoms with Gasteiger partial charge in [0.05, 0.1) is 6.10 Å². The van der Waals surface area contributed by atoms with E-state index in [9.17, 15) is 0 Å². The van der Waals surface area contributed by atoms with Crippen molar-refractivity contribution in [3.63, 3.8) is 0 Å². The van der Waals surface area contributed by atoms with E-state index in [0.717, 1.165) is 19.6 Å². The largest absolute Gasteiger partial charge is 0.377 e. The molecule has 0 radical (unpaired) electrons. The molecule has 3 aliphatic rings. The van der Waals surface area contributed by atoms with Crippen LogP contribution in [0.25, 0.3) is 0 Å². The third-order valence-corrected chi connectivity index (χ3v) is 5.70. The molecule has 3 atom stereocenters. The van der Waals surface area contributed by atoms with E-state index >= 15 is 0 Å². The number of hydrogen-bond donors (Lipinski definition) is 2. The number of ether oxygens (including phenoxy) is 1. The van der Waals surface area contributed by atoms with Crippen LogP contribution in [0.1, 0.15) is 46.0 Å². The normalized spacial score (nSPS) is 44.6. The van der Waals surface area contributed by atoms with Crippen LogP contribution in [0.4, 0.5) is 0 Å². The first-order chi connectivity index (χ1) is 8.06. The minimum Gasteiger partial charge on any atom is -0.377 e. The van der Waals surface area contributed by atoms with Gasteiger partial charge in [-0.1, -0.05) is 26.7 Å². The first kappa shape index (κ1) is 11.9. The maximum atomic E-state index is 6.70. The molecule has 2 aliphatic carbocycles. The highest BCUT2D eigenvalue weighted by Crippen LogP contribution is 2.57. The second-order valence-electron chi connectivity index (χ2n) is 6.81. The van der Waals surface area contributed by atoms with Gasteiger partial charge in [-0.25, -0.2) is 0 Å². The molecule has 3 N–H and O–H groups in total. The van der Waals surface area contributed by atoms with E-state index in [1.807, 2.05) is 0 Å². The molecule has 2 saturated carbocycles. The molecule has 1 heterocycles. The number of nitrogens with two attached hydrogens (primary N) is 1. The van der Waals surface area contributed by atoms with Crippen molar-refractivity contribution in [1.29, 1.82) is 0 Å². The molecule has 0 aromatic rings. The monoisotopic (exact) mass is 238 g/mol. The molecule has 3 nitrogen and oxygen atoms in total. The second-order valence-corrected chi connectivity index (χ2v) is 6.81. The molecule has 0 bridgehead atoms. The second kappa shape index (κ2) is 3.94. The van der Waals surface area contributed by atoms with Crippen LogP contribution in [-0.4, -0.2) is 30.8 Å². The number of nitrogens with one attached hydrogen (secondary N) is 1. The van der Waals surface area contributed by atoms with Crippen LogP contribution in [0.2, 0.25) is 0 Å². The molecule has 3 unspecified atom stereocenters. The predicted octanol–water partition coefficient (Wildman–Crippen LogP) is 1.66. The summed E-state index contributed by atoms with van der Waals surface area (Å²) >= 11 is 0. The number of rotatable bonds is 3. The fraction of sp³-hybridized carbons (Fsp3) is 1.00. The highest BCUT2D eigenvalue weighted by Gasteiger charge is 2.67. The lowest BCUT2D eigenvalue weighted by Gasteiger charge is -2.62. The summed E-state index contributed by atoms with van der Waals surface area (Å²) in [6.07, 6.45) is 6.98. The van der Waals surface area contributed by atoms with Crippen molar-refractivity contribution < 1.29 is 4.74 Å². The molecule has 0 spiro atoms. The Labute approximate surface area is 104 Å². The molecule has 3 rings (SSSR count). The zero-order valence-electron chi connectivity index (χ0n) is 11.2. The van der Waals surface area contributed by atoms with Gasteiger partial charge in [0.25, 0.3) is 0 Å². The minimum absolute atomic E-state index is 0.0588. The molecule has 1 aliphatic heterocycles. The van der Waals surface area contributed by atoms with Crippen LogP contribution in [0.3, 0.4) is 0 Å². The summed E-state index contributed by atoms with van der Waals surface area (Å²) in [6, 6.07) is 0.715. The van der Waals surface area contributed by atoms with E-state index in [4.69, 9.17) is 10.5 Å². The van der Waals surface area contributed by atoms with Gasteiger partial charge < -0.3 is 15.8 Å². The number of hydrogen-bond acceptors (Lipinski definition) is 3. The van der Waals surface area contributed by atoms with E-state index in [0.29, 0.717) is 18.1 Å². The van der Waals surface area contributed by atoms with Gasteiger partial charge in [-0.3, -0.25) is 0 Å². The lowest BCUT2D eigenvalue weighted by molar-refractivity contribution is -0.154. The maximum absolute atomic E-state index is 6.70. The summed E-state index contributed by atoms with van der Waals surface area (Å²) in [5, 5.41) is 3.71. The Morgan fingerprint density at radius 2 is 1.94 bits per heavy atom. The first-order valence-electron chi connectivity index (χ1n) is 7.19. The van der Waals surface area contributed by atoms with Crippen LogP contribution in [0.5, 0.6) is 0 Å². The Morgan fingerprint density at radius 1 is 1.24 bits per heavy atom. The molecule has 17 heavy (non-hydrogen) atoms. The van der Waals surface area contributed by atoms with Gasteiger partial charge in [-0.15, -0.1) is 0 Å². The summed E-state index contributed by atoms with van der Waals surface area (Å²) in [7, 11) is 0. The summed E-state index contributed by atoms with van der Waals surface area (Å²) in [5.41, 5.74) is 6.77. The third kappa shape index (κ3) is 1.59. The first-order valence-corrected chi connectivity index (χ1v) is 7.19. The van der Waals surface area contributed by atoms with Gasteiger partial charge in [0.15, 0.2) is 0 Å². The van der Waals surface area contributed by atoms with E-state index in [1.54, 1.807) is 0 Å². The highest BCUT2D eigenvalue weighted by atomic mass is 16.5. The SMILES string of the molecule is CC1(C)C2OCCC2C1(N)CNC1CCCC1. The molecule has 3 heteroatoms. The summed E-state index contributed by atoms with van der Waals surface area (Å²) in [4.78, 5) is 0. The van der Waals surface area contributed by atoms with Gasteiger partial charge in [-0.05, 0) is 19.3 Å². The summed E-state index contributed by atoms with van der Waals surface area (Å²) < 4.78 is 5.83. The van der Waals surface area contributed by atoms with E-state index in [-0.39, 0.29) is 11.0 Å². The molecular formula is C14H26N2O. The fourth-order valence-corrected chi connectivity index (χ4v) is 4.28. The Balaban J connectivity index is 1.64. The number of fused-ring (bicyclic) bond motifs is 1. The van der Waals surface area contributed by atoms with Gasteiger partial charge >= 0.3 is 0 Å². The zero-order valence-corrected chi connectivity index (χ0v) is 11.2. The molecule has 1 saturated heterocycles. The maximum Gasteiger partial charge on any atom is 0.0691 e. The fourth-order valence-electron chi connectivity index (χ4n) is 4.28. The highest BCUT2D eigenvalue weighted by molar-refractivity contribution is 5.21. The Morgan fingerprint density at radius 3 is 2.65 bits per heavy atom. The van der Waals surface area contributed by atoms with Gasteiger partial charge in [0.1, 0.15) is 0 Å². The van der Waals surface area contributed by atoms with Crippen molar-refractivity contribution in [3.05, 3.63) is 0 Å². The quantitative estimate of drug-likeness (QED) is 0.786. The van der Waals surface area contributed by atoms with Crippen molar-refractivity contribution in [2.75, 3.05) is 13.2 Å². The lowest BCUT2D eigenvalue weighted by Crippen LogP contribution is -2.78. The summed E-state index contributed by atoms with van der Waals surface area (Å²) in [5.74, 6) is 0.575. The Hall–Kier alpha value is -0.120. The molecule has 0 aromatic carbocycles. The Kier molecular flexibility index (Phi) is 2.77. The molecule has 0 aromatic heterocycles. The minimum atomic E-state index is -0.0588. The van der Waals surface area contributed by atoms with Crippen molar-refractivity contribution in [2.24, 2.45) is 17.1 Å². The van der Waals surface area contributed by atoms with E-state index in [2.05, 4.69) is 19.2 Å². The molecule has 0 amide bonds. The average Bonchev–Trinajstić information content (AvgIpc) is 2.96. The Bertz CT molecular complexity index is 299. The lowest BCUT2D eigenvalue weighted by atomic mass is 9.48. The molecular weight excluding hydrogens is 212 g/mol. The van der Waals surface area contributed by atoms with Gasteiger partial charge in [0, 0.05) is 36.1 Å². The third-order valence-electron chi connectivity index (χ3n) is 5.70. The van der Waals surface area contributed by atoms with Crippen molar-refractivity contribution in [3.8, 4) is 0 Å². The van der Waals surface area contributed by atoms with Crippen LogP contribution < -0.4 is 11.1 Å². The van der Waals surface area contributed by atoms with E-state index in [1.165, 1.54) is 25.7 Å². The van der Waals surface area contributed by atoms with Crippen molar-refractivity contribution in [2.45, 2.75) is 63.6 Å².